The van der Waals surface area contributed by atoms with Crippen molar-refractivity contribution in [1.82, 2.24) is 5.32 Å². The minimum absolute atomic E-state index is 0.0652. The maximum atomic E-state index is 12.6. The van der Waals surface area contributed by atoms with Gasteiger partial charge in [-0.25, -0.2) is 0 Å². The van der Waals surface area contributed by atoms with E-state index in [4.69, 9.17) is 16.3 Å². The average Bonchev–Trinajstić information content (AvgIpc) is 2.55. The molecule has 6 heteroatoms. The number of fused-ring (bicyclic) bond motifs is 1. The van der Waals surface area contributed by atoms with E-state index >= 15 is 0 Å². The van der Waals surface area contributed by atoms with Crippen LogP contribution in [0.4, 0.5) is 0 Å². The van der Waals surface area contributed by atoms with Gasteiger partial charge in [0.05, 0.1) is 6.61 Å². The van der Waals surface area contributed by atoms with Gasteiger partial charge in [0.1, 0.15) is 11.7 Å². The Morgan fingerprint density at radius 3 is 2.62 bits per heavy atom. The van der Waals surface area contributed by atoms with Crippen LogP contribution in [0.2, 0.25) is 5.02 Å². The number of hydrogen-bond donors (Lipinski definition) is 1. The number of nitrogens with one attached hydrogen (secondary N) is 1. The summed E-state index contributed by atoms with van der Waals surface area (Å²) in [6, 6.07) is 7.25. The summed E-state index contributed by atoms with van der Waals surface area (Å²) >= 11 is 5.91. The van der Waals surface area contributed by atoms with Crippen molar-refractivity contribution >= 4 is 29.3 Å². The zero-order valence-electron chi connectivity index (χ0n) is 13.5. The van der Waals surface area contributed by atoms with Gasteiger partial charge in [-0.1, -0.05) is 23.7 Å². The Kier molecular flexibility index (Phi) is 4.90. The van der Waals surface area contributed by atoms with Crippen LogP contribution < -0.4 is 5.32 Å². The monoisotopic (exact) mass is 349 g/mol. The predicted molar refractivity (Wildman–Crippen MR) is 88.6 cm³/mol. The molecule has 0 aromatic heterocycles. The SMILES string of the molecule is CCOC(=O)C1CC2C(=O)CC(c3ccc(Cl)cc3)CC2NC1=O. The lowest BCUT2D eigenvalue weighted by Crippen LogP contribution is -2.56. The van der Waals surface area contributed by atoms with Gasteiger partial charge in [-0.05, 0) is 43.4 Å². The quantitative estimate of drug-likeness (QED) is 0.672. The Hall–Kier alpha value is -1.88. The van der Waals surface area contributed by atoms with Crippen LogP contribution in [-0.4, -0.2) is 30.3 Å². The van der Waals surface area contributed by atoms with Crippen molar-refractivity contribution in [2.24, 2.45) is 11.8 Å². The topological polar surface area (TPSA) is 72.5 Å². The van der Waals surface area contributed by atoms with Gasteiger partial charge in [0.25, 0.3) is 0 Å². The van der Waals surface area contributed by atoms with Gasteiger partial charge in [0.2, 0.25) is 5.91 Å². The van der Waals surface area contributed by atoms with Crippen molar-refractivity contribution in [3.05, 3.63) is 34.9 Å². The summed E-state index contributed by atoms with van der Waals surface area (Å²) in [4.78, 5) is 36.7. The number of ketones is 1. The number of piperidine rings is 1. The first kappa shape index (κ1) is 17.0. The summed E-state index contributed by atoms with van der Waals surface area (Å²) in [5.74, 6) is -1.89. The van der Waals surface area contributed by atoms with Gasteiger partial charge in [-0.15, -0.1) is 0 Å². The highest BCUT2D eigenvalue weighted by Crippen LogP contribution is 2.39. The highest BCUT2D eigenvalue weighted by Gasteiger charge is 2.46. The zero-order chi connectivity index (χ0) is 17.3. The number of carbonyl (C=O) groups excluding carboxylic acids is 3. The van der Waals surface area contributed by atoms with E-state index in [0.29, 0.717) is 17.9 Å². The van der Waals surface area contributed by atoms with Gasteiger partial charge in [0, 0.05) is 23.4 Å². The third kappa shape index (κ3) is 3.31. The Bertz CT molecular complexity index is 657. The molecule has 1 N–H and O–H groups in total. The summed E-state index contributed by atoms with van der Waals surface area (Å²) in [5, 5.41) is 3.52. The summed E-state index contributed by atoms with van der Waals surface area (Å²) in [7, 11) is 0. The molecule has 4 unspecified atom stereocenters. The van der Waals surface area contributed by atoms with E-state index in [2.05, 4.69) is 5.32 Å². The molecule has 2 aliphatic rings. The molecular weight excluding hydrogens is 330 g/mol. The molecule has 0 radical (unpaired) electrons. The second kappa shape index (κ2) is 6.93. The first-order chi connectivity index (χ1) is 11.5. The highest BCUT2D eigenvalue weighted by atomic mass is 35.5. The Balaban J connectivity index is 1.74. The standard InChI is InChI=1S/C18H20ClNO4/c1-2-24-18(23)14-9-13-15(20-17(14)22)7-11(8-16(13)21)10-3-5-12(19)6-4-10/h3-6,11,13-15H,2,7-9H2,1H3,(H,20,22). The number of hydrogen-bond acceptors (Lipinski definition) is 4. The largest absolute Gasteiger partial charge is 0.465 e. The van der Waals surface area contributed by atoms with Crippen LogP contribution in [0.15, 0.2) is 24.3 Å². The molecule has 24 heavy (non-hydrogen) atoms. The van der Waals surface area contributed by atoms with E-state index in [1.807, 2.05) is 24.3 Å². The van der Waals surface area contributed by atoms with E-state index in [-0.39, 0.29) is 42.6 Å². The summed E-state index contributed by atoms with van der Waals surface area (Å²) in [6.45, 7) is 1.92. The van der Waals surface area contributed by atoms with Crippen LogP contribution in [0.25, 0.3) is 0 Å². The van der Waals surface area contributed by atoms with E-state index in [9.17, 15) is 14.4 Å². The van der Waals surface area contributed by atoms with Gasteiger partial charge < -0.3 is 10.1 Å². The van der Waals surface area contributed by atoms with Crippen molar-refractivity contribution in [3.63, 3.8) is 0 Å². The van der Waals surface area contributed by atoms with Crippen LogP contribution in [0.3, 0.4) is 0 Å². The molecule has 1 aromatic rings. The molecule has 1 aliphatic heterocycles. The lowest BCUT2D eigenvalue weighted by atomic mass is 9.69. The molecule has 1 saturated heterocycles. The summed E-state index contributed by atoms with van der Waals surface area (Å²) in [6.07, 6.45) is 1.37. The van der Waals surface area contributed by atoms with E-state index < -0.39 is 11.9 Å². The average molecular weight is 350 g/mol. The molecule has 1 aliphatic carbocycles. The first-order valence-electron chi connectivity index (χ1n) is 8.24. The maximum absolute atomic E-state index is 12.6. The Labute approximate surface area is 145 Å². The van der Waals surface area contributed by atoms with Crippen LogP contribution in [0, 0.1) is 11.8 Å². The number of ether oxygens (including phenoxy) is 1. The van der Waals surface area contributed by atoms with Crippen molar-refractivity contribution in [2.45, 2.75) is 38.1 Å². The molecule has 1 aromatic carbocycles. The molecule has 0 spiro atoms. The van der Waals surface area contributed by atoms with Crippen LogP contribution in [-0.2, 0) is 19.1 Å². The number of amides is 1. The van der Waals surface area contributed by atoms with E-state index in [0.717, 1.165) is 5.56 Å². The predicted octanol–water partition coefficient (Wildman–Crippen LogP) is 2.47. The number of carbonyl (C=O) groups is 3. The molecule has 5 nitrogen and oxygen atoms in total. The van der Waals surface area contributed by atoms with E-state index in [1.54, 1.807) is 6.92 Å². The number of rotatable bonds is 3. The second-order valence-electron chi connectivity index (χ2n) is 6.42. The third-order valence-electron chi connectivity index (χ3n) is 4.93. The number of Topliss-reactive ketones (excluding diaryl/α,β-unsaturated/α-hetero) is 1. The van der Waals surface area contributed by atoms with Gasteiger partial charge >= 0.3 is 5.97 Å². The van der Waals surface area contributed by atoms with Crippen molar-refractivity contribution in [3.8, 4) is 0 Å². The number of benzene rings is 1. The van der Waals surface area contributed by atoms with Crippen LogP contribution in [0.5, 0.6) is 0 Å². The molecule has 4 atom stereocenters. The summed E-state index contributed by atoms with van der Waals surface area (Å²) in [5.41, 5.74) is 1.05. The molecular formula is C18H20ClNO4. The lowest BCUT2D eigenvalue weighted by Gasteiger charge is -2.40. The number of halogens is 1. The van der Waals surface area contributed by atoms with Gasteiger partial charge in [-0.3, -0.25) is 14.4 Å². The third-order valence-corrected chi connectivity index (χ3v) is 5.18. The molecule has 2 fully saturated rings. The fraction of sp³-hybridized carbons (Fsp3) is 0.500. The Morgan fingerprint density at radius 2 is 1.96 bits per heavy atom. The fourth-order valence-electron chi connectivity index (χ4n) is 3.71. The minimum atomic E-state index is -0.873. The van der Waals surface area contributed by atoms with Gasteiger partial charge in [0.15, 0.2) is 0 Å². The first-order valence-corrected chi connectivity index (χ1v) is 8.62. The molecule has 128 valence electrons. The normalized spacial score (nSPS) is 29.6. The van der Waals surface area contributed by atoms with Crippen molar-refractivity contribution < 1.29 is 19.1 Å². The Morgan fingerprint density at radius 1 is 1.25 bits per heavy atom. The minimum Gasteiger partial charge on any atom is -0.465 e. The lowest BCUT2D eigenvalue weighted by molar-refractivity contribution is -0.156. The van der Waals surface area contributed by atoms with Crippen molar-refractivity contribution in [1.29, 1.82) is 0 Å². The molecule has 1 heterocycles. The summed E-state index contributed by atoms with van der Waals surface area (Å²) < 4.78 is 4.94. The smallest absolute Gasteiger partial charge is 0.318 e. The van der Waals surface area contributed by atoms with Gasteiger partial charge in [-0.2, -0.15) is 0 Å². The molecule has 0 bridgehead atoms. The maximum Gasteiger partial charge on any atom is 0.318 e. The molecule has 1 amide bonds. The van der Waals surface area contributed by atoms with E-state index in [1.165, 1.54) is 0 Å². The van der Waals surface area contributed by atoms with Crippen LogP contribution >= 0.6 is 11.6 Å². The van der Waals surface area contributed by atoms with Crippen molar-refractivity contribution in [2.75, 3.05) is 6.61 Å². The fourth-order valence-corrected chi connectivity index (χ4v) is 3.83. The molecule has 1 saturated carbocycles. The zero-order valence-corrected chi connectivity index (χ0v) is 14.2. The van der Waals surface area contributed by atoms with Crippen LogP contribution in [0.1, 0.15) is 37.7 Å². The second-order valence-corrected chi connectivity index (χ2v) is 6.85. The number of esters is 1. The molecule has 3 rings (SSSR count). The highest BCUT2D eigenvalue weighted by molar-refractivity contribution is 6.30.